The van der Waals surface area contributed by atoms with Crippen molar-refractivity contribution in [1.82, 2.24) is 9.62 Å². The van der Waals surface area contributed by atoms with Crippen LogP contribution in [0.5, 0.6) is 0 Å². The Morgan fingerprint density at radius 2 is 1.93 bits per heavy atom. The van der Waals surface area contributed by atoms with Crippen LogP contribution < -0.4 is 4.72 Å². The predicted molar refractivity (Wildman–Crippen MR) is 56.7 cm³/mol. The van der Waals surface area contributed by atoms with Gasteiger partial charge in [0.1, 0.15) is 0 Å². The molecule has 2 aliphatic rings. The SMILES string of the molecule is O=S1(=O)NCC(N2CCCCC2)CCO1. The number of hydrogen-bond donors (Lipinski definition) is 1. The molecule has 0 aliphatic carbocycles. The van der Waals surface area contributed by atoms with Gasteiger partial charge in [0.25, 0.3) is 0 Å². The van der Waals surface area contributed by atoms with Crippen molar-refractivity contribution in [2.24, 2.45) is 0 Å². The number of hydrogen-bond acceptors (Lipinski definition) is 4. The van der Waals surface area contributed by atoms with Crippen LogP contribution >= 0.6 is 0 Å². The Bertz CT molecular complexity index is 298. The molecule has 0 radical (unpaired) electrons. The Hall–Kier alpha value is -0.170. The topological polar surface area (TPSA) is 58.6 Å². The molecule has 0 spiro atoms. The van der Waals surface area contributed by atoms with Crippen LogP contribution in [0.2, 0.25) is 0 Å². The van der Waals surface area contributed by atoms with Crippen molar-refractivity contribution in [1.29, 1.82) is 0 Å². The van der Waals surface area contributed by atoms with Gasteiger partial charge in [-0.25, -0.2) is 0 Å². The zero-order valence-corrected chi connectivity index (χ0v) is 9.63. The maximum atomic E-state index is 11.1. The van der Waals surface area contributed by atoms with E-state index in [1.165, 1.54) is 19.3 Å². The summed E-state index contributed by atoms with van der Waals surface area (Å²) in [5.41, 5.74) is 0. The Morgan fingerprint density at radius 1 is 1.20 bits per heavy atom. The second-order valence-corrected chi connectivity index (χ2v) is 5.60. The summed E-state index contributed by atoms with van der Waals surface area (Å²) in [6.07, 6.45) is 4.55. The predicted octanol–water partition coefficient (Wildman–Crippen LogP) is 0.0956. The van der Waals surface area contributed by atoms with E-state index in [2.05, 4.69) is 9.62 Å². The molecule has 2 heterocycles. The van der Waals surface area contributed by atoms with Gasteiger partial charge >= 0.3 is 10.3 Å². The second kappa shape index (κ2) is 4.78. The van der Waals surface area contributed by atoms with Crippen LogP contribution in [0.4, 0.5) is 0 Å². The largest absolute Gasteiger partial charge is 0.335 e. The van der Waals surface area contributed by atoms with Gasteiger partial charge < -0.3 is 0 Å². The third-order valence-corrected chi connectivity index (χ3v) is 4.09. The quantitative estimate of drug-likeness (QED) is 0.699. The van der Waals surface area contributed by atoms with Crippen LogP contribution in [0.1, 0.15) is 25.7 Å². The van der Waals surface area contributed by atoms with E-state index in [1.54, 1.807) is 0 Å². The lowest BCUT2D eigenvalue weighted by Crippen LogP contribution is -2.44. The average Bonchev–Trinajstić information content (AvgIpc) is 2.41. The standard InChI is InChI=1S/C9H18N2O3S/c12-15(13)10-8-9(4-7-14-15)11-5-2-1-3-6-11/h9-10H,1-8H2. The average molecular weight is 234 g/mol. The minimum Gasteiger partial charge on any atom is -0.299 e. The maximum absolute atomic E-state index is 11.1. The highest BCUT2D eigenvalue weighted by molar-refractivity contribution is 7.84. The highest BCUT2D eigenvalue weighted by Crippen LogP contribution is 2.15. The normalized spacial score (nSPS) is 33.5. The van der Waals surface area contributed by atoms with Crippen molar-refractivity contribution < 1.29 is 12.6 Å². The summed E-state index contributed by atoms with van der Waals surface area (Å²) in [5.74, 6) is 0. The van der Waals surface area contributed by atoms with E-state index in [9.17, 15) is 8.42 Å². The first kappa shape index (κ1) is 11.3. The van der Waals surface area contributed by atoms with Crippen molar-refractivity contribution in [3.63, 3.8) is 0 Å². The number of piperidine rings is 1. The van der Waals surface area contributed by atoms with Gasteiger partial charge in [0.2, 0.25) is 0 Å². The molecule has 88 valence electrons. The van der Waals surface area contributed by atoms with E-state index in [0.717, 1.165) is 19.5 Å². The summed E-state index contributed by atoms with van der Waals surface area (Å²) in [5, 5.41) is 0. The molecule has 1 N–H and O–H groups in total. The third-order valence-electron chi connectivity index (χ3n) is 3.09. The van der Waals surface area contributed by atoms with Gasteiger partial charge in [-0.15, -0.1) is 0 Å². The van der Waals surface area contributed by atoms with Gasteiger partial charge in [-0.1, -0.05) is 6.42 Å². The molecule has 0 aromatic carbocycles. The zero-order valence-electron chi connectivity index (χ0n) is 8.81. The molecule has 0 bridgehead atoms. The zero-order chi connectivity index (χ0) is 10.7. The molecule has 15 heavy (non-hydrogen) atoms. The van der Waals surface area contributed by atoms with Crippen LogP contribution in [0, 0.1) is 0 Å². The molecule has 0 amide bonds. The van der Waals surface area contributed by atoms with Gasteiger partial charge in [-0.2, -0.15) is 13.1 Å². The van der Waals surface area contributed by atoms with Gasteiger partial charge in [0, 0.05) is 12.6 Å². The van der Waals surface area contributed by atoms with Crippen molar-refractivity contribution in [2.45, 2.75) is 31.7 Å². The maximum Gasteiger partial charge on any atom is 0.335 e. The minimum absolute atomic E-state index is 0.302. The number of rotatable bonds is 1. The van der Waals surface area contributed by atoms with Crippen LogP contribution in [-0.2, 0) is 14.5 Å². The molecule has 2 saturated heterocycles. The Balaban J connectivity index is 1.92. The number of nitrogens with one attached hydrogen (secondary N) is 1. The summed E-state index contributed by atoms with van der Waals surface area (Å²) in [7, 11) is -3.47. The fraction of sp³-hybridized carbons (Fsp3) is 1.00. The summed E-state index contributed by atoms with van der Waals surface area (Å²) in [6.45, 7) is 2.97. The van der Waals surface area contributed by atoms with Crippen molar-refractivity contribution in [3.8, 4) is 0 Å². The molecule has 0 aromatic heterocycles. The molecule has 2 fully saturated rings. The van der Waals surface area contributed by atoms with Crippen LogP contribution in [0.25, 0.3) is 0 Å². The highest BCUT2D eigenvalue weighted by Gasteiger charge is 2.25. The molecule has 0 saturated carbocycles. The van der Waals surface area contributed by atoms with Crippen LogP contribution in [0.3, 0.4) is 0 Å². The molecule has 1 atom stereocenters. The molecule has 5 nitrogen and oxygen atoms in total. The fourth-order valence-corrected chi connectivity index (χ4v) is 3.03. The van der Waals surface area contributed by atoms with Gasteiger partial charge in [0.15, 0.2) is 0 Å². The summed E-state index contributed by atoms with van der Waals surface area (Å²) < 4.78 is 29.5. The Labute approximate surface area is 91.0 Å². The Morgan fingerprint density at radius 3 is 2.67 bits per heavy atom. The second-order valence-electron chi connectivity index (χ2n) is 4.16. The van der Waals surface area contributed by atoms with Gasteiger partial charge in [-0.05, 0) is 32.4 Å². The molecule has 6 heteroatoms. The molecule has 1 unspecified atom stereocenters. The highest BCUT2D eigenvalue weighted by atomic mass is 32.2. The molecular weight excluding hydrogens is 216 g/mol. The van der Waals surface area contributed by atoms with E-state index >= 15 is 0 Å². The minimum atomic E-state index is -3.47. The van der Waals surface area contributed by atoms with Gasteiger partial charge in [-0.3, -0.25) is 9.08 Å². The number of likely N-dealkylation sites (tertiary alicyclic amines) is 1. The van der Waals surface area contributed by atoms with E-state index in [4.69, 9.17) is 4.18 Å². The van der Waals surface area contributed by atoms with E-state index in [1.807, 2.05) is 0 Å². The lowest BCUT2D eigenvalue weighted by atomic mass is 10.1. The van der Waals surface area contributed by atoms with Crippen molar-refractivity contribution in [3.05, 3.63) is 0 Å². The monoisotopic (exact) mass is 234 g/mol. The lowest BCUT2D eigenvalue weighted by molar-refractivity contribution is 0.149. The van der Waals surface area contributed by atoms with Crippen molar-refractivity contribution >= 4 is 10.3 Å². The molecular formula is C9H18N2O3S. The lowest BCUT2D eigenvalue weighted by Gasteiger charge is -2.33. The first-order chi connectivity index (χ1) is 7.17. The molecule has 2 rings (SSSR count). The fourth-order valence-electron chi connectivity index (χ4n) is 2.23. The van der Waals surface area contributed by atoms with E-state index < -0.39 is 10.3 Å². The van der Waals surface area contributed by atoms with Gasteiger partial charge in [0.05, 0.1) is 6.61 Å². The Kier molecular flexibility index (Phi) is 3.60. The van der Waals surface area contributed by atoms with Crippen LogP contribution in [0.15, 0.2) is 0 Å². The van der Waals surface area contributed by atoms with Crippen molar-refractivity contribution in [2.75, 3.05) is 26.2 Å². The van der Waals surface area contributed by atoms with Crippen LogP contribution in [-0.4, -0.2) is 45.6 Å². The van der Waals surface area contributed by atoms with E-state index in [0.29, 0.717) is 19.2 Å². The first-order valence-corrected chi connectivity index (χ1v) is 6.96. The smallest absolute Gasteiger partial charge is 0.299 e. The molecule has 2 aliphatic heterocycles. The first-order valence-electron chi connectivity index (χ1n) is 5.55. The summed E-state index contributed by atoms with van der Waals surface area (Å²) in [6, 6.07) is 0.308. The summed E-state index contributed by atoms with van der Waals surface area (Å²) in [4.78, 5) is 2.38. The summed E-state index contributed by atoms with van der Waals surface area (Å²) >= 11 is 0. The van der Waals surface area contributed by atoms with E-state index in [-0.39, 0.29) is 0 Å². The molecule has 0 aromatic rings. The third kappa shape index (κ3) is 3.14. The number of nitrogens with zero attached hydrogens (tertiary/aromatic N) is 1.